The number of nitrogens with zero attached hydrogens (tertiary/aromatic N) is 2. The molecule has 1 aromatic carbocycles. The van der Waals surface area contributed by atoms with Gasteiger partial charge in [0.1, 0.15) is 5.82 Å². The average molecular weight is 235 g/mol. The molecule has 0 saturated carbocycles. The highest BCUT2D eigenvalue weighted by molar-refractivity contribution is 6.31. The quantitative estimate of drug-likeness (QED) is 0.839. The molecule has 0 spiro atoms. The number of hydrogen-bond donors (Lipinski definition) is 2. The molecule has 4 nitrogen and oxygen atoms in total. The van der Waals surface area contributed by atoms with Gasteiger partial charge in [-0.1, -0.05) is 17.7 Å². The maximum atomic E-state index is 6.01. The van der Waals surface area contributed by atoms with Gasteiger partial charge in [-0.25, -0.2) is 4.98 Å². The zero-order chi connectivity index (χ0) is 11.5. The highest BCUT2D eigenvalue weighted by Gasteiger charge is 2.03. The van der Waals surface area contributed by atoms with E-state index in [1.807, 2.05) is 25.1 Å². The summed E-state index contributed by atoms with van der Waals surface area (Å²) >= 11 is 6.01. The predicted octanol–water partition coefficient (Wildman–Crippen LogP) is 2.76. The topological polar surface area (TPSA) is 63.8 Å². The van der Waals surface area contributed by atoms with Crippen LogP contribution in [0.4, 0.5) is 17.5 Å². The Morgan fingerprint density at radius 1 is 1.31 bits per heavy atom. The van der Waals surface area contributed by atoms with Gasteiger partial charge in [-0.15, -0.1) is 0 Å². The molecular formula is C11H11ClN4. The minimum atomic E-state index is 0.240. The molecule has 2 aromatic rings. The largest absolute Gasteiger partial charge is 0.368 e. The summed E-state index contributed by atoms with van der Waals surface area (Å²) < 4.78 is 0. The Bertz CT molecular complexity index is 513. The van der Waals surface area contributed by atoms with E-state index >= 15 is 0 Å². The Morgan fingerprint density at radius 2 is 2.12 bits per heavy atom. The van der Waals surface area contributed by atoms with Crippen molar-refractivity contribution >= 4 is 29.1 Å². The third-order valence-electron chi connectivity index (χ3n) is 2.20. The van der Waals surface area contributed by atoms with Crippen molar-refractivity contribution in [2.45, 2.75) is 6.92 Å². The summed E-state index contributed by atoms with van der Waals surface area (Å²) in [6, 6.07) is 7.40. The maximum absolute atomic E-state index is 6.01. The van der Waals surface area contributed by atoms with Gasteiger partial charge in [0, 0.05) is 16.9 Å². The maximum Gasteiger partial charge on any atom is 0.221 e. The number of benzene rings is 1. The molecule has 0 fully saturated rings. The molecule has 0 unspecified atom stereocenters. The number of hydrogen-bond acceptors (Lipinski definition) is 4. The summed E-state index contributed by atoms with van der Waals surface area (Å²) in [6.45, 7) is 1.94. The first-order valence-electron chi connectivity index (χ1n) is 4.77. The minimum absolute atomic E-state index is 0.240. The lowest BCUT2D eigenvalue weighted by molar-refractivity contribution is 1.18. The smallest absolute Gasteiger partial charge is 0.221 e. The number of nitrogen functional groups attached to an aromatic ring is 1. The first kappa shape index (κ1) is 10.7. The Balaban J connectivity index is 2.31. The van der Waals surface area contributed by atoms with Crippen LogP contribution in [0.3, 0.4) is 0 Å². The molecule has 82 valence electrons. The Labute approximate surface area is 98.5 Å². The Hall–Kier alpha value is -1.81. The van der Waals surface area contributed by atoms with Crippen molar-refractivity contribution in [2.75, 3.05) is 11.1 Å². The molecule has 16 heavy (non-hydrogen) atoms. The summed E-state index contributed by atoms with van der Waals surface area (Å²) in [5.74, 6) is 0.891. The van der Waals surface area contributed by atoms with Gasteiger partial charge in [0.2, 0.25) is 5.95 Å². The van der Waals surface area contributed by atoms with Crippen LogP contribution in [-0.4, -0.2) is 9.97 Å². The number of halogens is 1. The molecule has 0 atom stereocenters. The Morgan fingerprint density at radius 3 is 2.88 bits per heavy atom. The Kier molecular flexibility index (Phi) is 2.92. The van der Waals surface area contributed by atoms with Crippen LogP contribution in [0.5, 0.6) is 0 Å². The fourth-order valence-corrected chi connectivity index (χ4v) is 1.50. The lowest BCUT2D eigenvalue weighted by atomic mass is 10.2. The highest BCUT2D eigenvalue weighted by Crippen LogP contribution is 2.25. The molecule has 0 radical (unpaired) electrons. The monoisotopic (exact) mass is 234 g/mol. The second-order valence-electron chi connectivity index (χ2n) is 3.34. The van der Waals surface area contributed by atoms with E-state index in [1.54, 1.807) is 12.3 Å². The summed E-state index contributed by atoms with van der Waals surface area (Å²) in [5.41, 5.74) is 7.37. The van der Waals surface area contributed by atoms with Crippen molar-refractivity contribution in [3.8, 4) is 0 Å². The first-order chi connectivity index (χ1) is 7.66. The van der Waals surface area contributed by atoms with E-state index < -0.39 is 0 Å². The highest BCUT2D eigenvalue weighted by atomic mass is 35.5. The zero-order valence-corrected chi connectivity index (χ0v) is 9.49. The van der Waals surface area contributed by atoms with Crippen LogP contribution < -0.4 is 11.1 Å². The summed E-state index contributed by atoms with van der Waals surface area (Å²) in [4.78, 5) is 7.87. The number of anilines is 3. The second-order valence-corrected chi connectivity index (χ2v) is 3.74. The van der Waals surface area contributed by atoms with Gasteiger partial charge >= 0.3 is 0 Å². The first-order valence-corrected chi connectivity index (χ1v) is 5.15. The fraction of sp³-hybridized carbons (Fsp3) is 0.0909. The van der Waals surface area contributed by atoms with Gasteiger partial charge < -0.3 is 11.1 Å². The average Bonchev–Trinajstić information content (AvgIpc) is 2.25. The van der Waals surface area contributed by atoms with Crippen molar-refractivity contribution < 1.29 is 0 Å². The molecule has 1 heterocycles. The van der Waals surface area contributed by atoms with Crippen molar-refractivity contribution in [1.82, 2.24) is 9.97 Å². The minimum Gasteiger partial charge on any atom is -0.368 e. The van der Waals surface area contributed by atoms with E-state index in [1.165, 1.54) is 0 Å². The normalized spacial score (nSPS) is 10.1. The molecule has 0 saturated heterocycles. The molecule has 5 heteroatoms. The third-order valence-corrected chi connectivity index (χ3v) is 2.61. The van der Waals surface area contributed by atoms with Gasteiger partial charge in [-0.3, -0.25) is 0 Å². The van der Waals surface area contributed by atoms with Gasteiger partial charge in [-0.05, 0) is 30.7 Å². The van der Waals surface area contributed by atoms with Crippen LogP contribution in [0.2, 0.25) is 5.02 Å². The van der Waals surface area contributed by atoms with E-state index in [9.17, 15) is 0 Å². The van der Waals surface area contributed by atoms with Crippen LogP contribution in [0.1, 0.15) is 5.56 Å². The van der Waals surface area contributed by atoms with Crippen LogP contribution in [0, 0.1) is 6.92 Å². The van der Waals surface area contributed by atoms with Crippen molar-refractivity contribution in [1.29, 1.82) is 0 Å². The molecule has 0 amide bonds. The van der Waals surface area contributed by atoms with Gasteiger partial charge in [0.15, 0.2) is 0 Å². The van der Waals surface area contributed by atoms with Crippen LogP contribution in [-0.2, 0) is 0 Å². The summed E-state index contributed by atoms with van der Waals surface area (Å²) in [6.07, 6.45) is 1.60. The van der Waals surface area contributed by atoms with Crippen molar-refractivity contribution in [3.63, 3.8) is 0 Å². The molecule has 0 aliphatic heterocycles. The lowest BCUT2D eigenvalue weighted by Gasteiger charge is -2.09. The van der Waals surface area contributed by atoms with Crippen molar-refractivity contribution in [2.24, 2.45) is 0 Å². The van der Waals surface area contributed by atoms with Gasteiger partial charge in [0.05, 0.1) is 0 Å². The summed E-state index contributed by atoms with van der Waals surface area (Å²) in [7, 11) is 0. The molecule has 0 aliphatic rings. The molecule has 2 rings (SSSR count). The van der Waals surface area contributed by atoms with Crippen molar-refractivity contribution in [3.05, 3.63) is 41.0 Å². The number of nitrogens with two attached hydrogens (primary N) is 1. The standard InChI is InChI=1S/C11H11ClN4/c1-7-8(12)3-2-4-9(7)15-10-5-6-14-11(13)16-10/h2-6H,1H3,(H3,13,14,15,16). The van der Waals surface area contributed by atoms with Crippen LogP contribution in [0.15, 0.2) is 30.5 Å². The zero-order valence-electron chi connectivity index (χ0n) is 8.74. The second kappa shape index (κ2) is 4.37. The molecule has 3 N–H and O–H groups in total. The molecule has 1 aromatic heterocycles. The predicted molar refractivity (Wildman–Crippen MR) is 65.9 cm³/mol. The number of rotatable bonds is 2. The van der Waals surface area contributed by atoms with Crippen LogP contribution in [0.25, 0.3) is 0 Å². The van der Waals surface area contributed by atoms with Crippen LogP contribution >= 0.6 is 11.6 Å². The number of nitrogens with one attached hydrogen (secondary N) is 1. The molecular weight excluding hydrogens is 224 g/mol. The van der Waals surface area contributed by atoms with Gasteiger partial charge in [-0.2, -0.15) is 4.98 Å². The van der Waals surface area contributed by atoms with E-state index in [4.69, 9.17) is 17.3 Å². The van der Waals surface area contributed by atoms with E-state index in [-0.39, 0.29) is 5.95 Å². The van der Waals surface area contributed by atoms with E-state index in [0.717, 1.165) is 11.3 Å². The summed E-state index contributed by atoms with van der Waals surface area (Å²) in [5, 5.41) is 3.85. The lowest BCUT2D eigenvalue weighted by Crippen LogP contribution is -2.00. The van der Waals surface area contributed by atoms with E-state index in [0.29, 0.717) is 10.8 Å². The fourth-order valence-electron chi connectivity index (χ4n) is 1.32. The van der Waals surface area contributed by atoms with E-state index in [2.05, 4.69) is 15.3 Å². The SMILES string of the molecule is Cc1c(Cl)cccc1Nc1ccnc(N)n1. The molecule has 0 aliphatic carbocycles. The number of aromatic nitrogens is 2. The van der Waals surface area contributed by atoms with Gasteiger partial charge in [0.25, 0.3) is 0 Å². The third kappa shape index (κ3) is 2.23. The molecule has 0 bridgehead atoms.